The van der Waals surface area contributed by atoms with E-state index in [0.717, 1.165) is 17.9 Å². The Hall–Kier alpha value is -3.17. The van der Waals surface area contributed by atoms with E-state index in [0.29, 0.717) is 38.0 Å². The molecule has 3 rings (SSSR count). The zero-order valence-corrected chi connectivity index (χ0v) is 18.4. The van der Waals surface area contributed by atoms with Crippen LogP contribution in [0, 0.1) is 5.82 Å². The Labute approximate surface area is 187 Å². The second kappa shape index (κ2) is 10.9. The second-order valence-electron chi connectivity index (χ2n) is 7.89. The van der Waals surface area contributed by atoms with Gasteiger partial charge in [0.25, 0.3) is 5.91 Å². The Balaban J connectivity index is 1.64. The highest BCUT2D eigenvalue weighted by Gasteiger charge is 2.30. The summed E-state index contributed by atoms with van der Waals surface area (Å²) in [4.78, 5) is 28.4. The van der Waals surface area contributed by atoms with Gasteiger partial charge in [0.2, 0.25) is 0 Å². The fraction of sp³-hybridized carbons (Fsp3) is 0.391. The molecule has 1 aliphatic rings. The summed E-state index contributed by atoms with van der Waals surface area (Å²) in [7, 11) is 3.61. The molecule has 0 spiro atoms. The van der Waals surface area contributed by atoms with E-state index < -0.39 is 11.7 Å². The Kier molecular flexibility index (Phi) is 8.02. The lowest BCUT2D eigenvalue weighted by atomic mass is 10.0. The minimum absolute atomic E-state index is 0.153. The molecule has 0 bridgehead atoms. The van der Waals surface area contributed by atoms with Crippen LogP contribution < -0.4 is 21.3 Å². The lowest BCUT2D eigenvalue weighted by Crippen LogP contribution is -2.57. The second-order valence-corrected chi connectivity index (χ2v) is 7.89. The van der Waals surface area contributed by atoms with Gasteiger partial charge in [-0.05, 0) is 49.2 Å². The number of hydrazine groups is 1. The minimum Gasteiger partial charge on any atom is -0.496 e. The van der Waals surface area contributed by atoms with Gasteiger partial charge in [0.05, 0.1) is 13.2 Å². The number of ether oxygens (including phenoxy) is 1. The third-order valence-corrected chi connectivity index (χ3v) is 5.71. The van der Waals surface area contributed by atoms with Gasteiger partial charge in [0.15, 0.2) is 0 Å². The van der Waals surface area contributed by atoms with E-state index in [9.17, 15) is 14.0 Å². The molecule has 2 aromatic carbocycles. The first kappa shape index (κ1) is 23.5. The van der Waals surface area contributed by atoms with Gasteiger partial charge >= 0.3 is 6.03 Å². The average Bonchev–Trinajstić information content (AvgIpc) is 2.80. The fourth-order valence-electron chi connectivity index (χ4n) is 3.96. The molecule has 1 fully saturated rings. The molecule has 1 aliphatic heterocycles. The summed E-state index contributed by atoms with van der Waals surface area (Å²) in [6.45, 7) is 2.39. The standard InChI is InChI=1S/C23H30FN5O3/c1-28-11-12-29(23(31)26-10-9-16-5-3-4-6-21(16)32-2)19(15-28)13-17-7-8-18(14-20(17)24)22(30)27-25/h3-8,14,19H,9-13,15,25H2,1-2H3,(H,26,31)(H,27,30). The lowest BCUT2D eigenvalue weighted by molar-refractivity contribution is 0.0953. The summed E-state index contributed by atoms with van der Waals surface area (Å²) in [5.41, 5.74) is 3.62. The number of nitrogen functional groups attached to an aromatic ring is 1. The number of para-hydroxylation sites is 1. The van der Waals surface area contributed by atoms with Crippen molar-refractivity contribution in [2.45, 2.75) is 18.9 Å². The predicted molar refractivity (Wildman–Crippen MR) is 120 cm³/mol. The number of carbonyl (C=O) groups is 2. The van der Waals surface area contributed by atoms with E-state index in [1.165, 1.54) is 12.1 Å². The highest BCUT2D eigenvalue weighted by atomic mass is 19.1. The third kappa shape index (κ3) is 5.74. The number of carbonyl (C=O) groups excluding carboxylic acids is 2. The molecule has 1 atom stereocenters. The van der Waals surface area contributed by atoms with Crippen molar-refractivity contribution >= 4 is 11.9 Å². The van der Waals surface area contributed by atoms with Gasteiger partial charge in [-0.3, -0.25) is 10.2 Å². The third-order valence-electron chi connectivity index (χ3n) is 5.71. The lowest BCUT2D eigenvalue weighted by Gasteiger charge is -2.40. The molecule has 1 heterocycles. The molecule has 8 nitrogen and oxygen atoms in total. The Morgan fingerprint density at radius 2 is 1.97 bits per heavy atom. The fourth-order valence-corrected chi connectivity index (χ4v) is 3.96. The quantitative estimate of drug-likeness (QED) is 0.343. The summed E-state index contributed by atoms with van der Waals surface area (Å²) < 4.78 is 20.0. The molecule has 1 saturated heterocycles. The monoisotopic (exact) mass is 443 g/mol. The van der Waals surface area contributed by atoms with Crippen molar-refractivity contribution in [1.29, 1.82) is 0 Å². The smallest absolute Gasteiger partial charge is 0.317 e. The first-order chi connectivity index (χ1) is 15.4. The van der Waals surface area contributed by atoms with Crippen molar-refractivity contribution in [3.8, 4) is 5.75 Å². The Morgan fingerprint density at radius 3 is 2.69 bits per heavy atom. The van der Waals surface area contributed by atoms with Crippen LogP contribution in [0.25, 0.3) is 0 Å². The number of urea groups is 1. The number of likely N-dealkylation sites (N-methyl/N-ethyl adjacent to an activating group) is 1. The number of benzene rings is 2. The topological polar surface area (TPSA) is 99.9 Å². The molecule has 172 valence electrons. The Bertz CT molecular complexity index is 955. The highest BCUT2D eigenvalue weighted by Crippen LogP contribution is 2.19. The number of nitrogens with zero attached hydrogens (tertiary/aromatic N) is 2. The van der Waals surface area contributed by atoms with Crippen LogP contribution in [0.4, 0.5) is 9.18 Å². The van der Waals surface area contributed by atoms with Crippen LogP contribution in [0.1, 0.15) is 21.5 Å². The average molecular weight is 444 g/mol. The zero-order chi connectivity index (χ0) is 23.1. The molecule has 4 N–H and O–H groups in total. The normalized spacial score (nSPS) is 16.5. The summed E-state index contributed by atoms with van der Waals surface area (Å²) in [6, 6.07) is 11.6. The molecule has 2 aromatic rings. The van der Waals surface area contributed by atoms with E-state index in [4.69, 9.17) is 10.6 Å². The number of nitrogens with one attached hydrogen (secondary N) is 2. The predicted octanol–water partition coefficient (Wildman–Crippen LogP) is 1.55. The van der Waals surface area contributed by atoms with Crippen molar-refractivity contribution in [2.75, 3.05) is 40.3 Å². The van der Waals surface area contributed by atoms with Crippen molar-refractivity contribution in [3.63, 3.8) is 0 Å². The van der Waals surface area contributed by atoms with E-state index >= 15 is 0 Å². The SMILES string of the molecule is COc1ccccc1CCNC(=O)N1CCN(C)CC1Cc1ccc(C(=O)NN)cc1F. The number of hydrogen-bond donors (Lipinski definition) is 3. The molecule has 0 saturated carbocycles. The number of amides is 3. The number of hydrogen-bond acceptors (Lipinski definition) is 5. The Morgan fingerprint density at radius 1 is 1.19 bits per heavy atom. The minimum atomic E-state index is -0.552. The summed E-state index contributed by atoms with van der Waals surface area (Å²) in [6.07, 6.45) is 0.994. The van der Waals surface area contributed by atoms with Crippen molar-refractivity contribution in [3.05, 3.63) is 65.0 Å². The first-order valence-corrected chi connectivity index (χ1v) is 10.6. The van der Waals surface area contributed by atoms with E-state index in [-0.39, 0.29) is 17.6 Å². The maximum atomic E-state index is 14.6. The number of nitrogens with two attached hydrogens (primary N) is 1. The summed E-state index contributed by atoms with van der Waals surface area (Å²) >= 11 is 0. The molecule has 32 heavy (non-hydrogen) atoms. The number of methoxy groups -OCH3 is 1. The van der Waals surface area contributed by atoms with Crippen molar-refractivity contribution in [1.82, 2.24) is 20.5 Å². The van der Waals surface area contributed by atoms with Crippen molar-refractivity contribution in [2.24, 2.45) is 5.84 Å². The van der Waals surface area contributed by atoms with Crippen LogP contribution in [0.2, 0.25) is 0 Å². The van der Waals surface area contributed by atoms with Gasteiger partial charge in [0, 0.05) is 31.7 Å². The van der Waals surface area contributed by atoms with Crippen LogP contribution in [0.5, 0.6) is 5.75 Å². The maximum Gasteiger partial charge on any atom is 0.317 e. The van der Waals surface area contributed by atoms with E-state index in [2.05, 4.69) is 10.2 Å². The molecule has 3 amide bonds. The number of halogens is 1. The van der Waals surface area contributed by atoms with Crippen LogP contribution in [0.15, 0.2) is 42.5 Å². The van der Waals surface area contributed by atoms with Crippen LogP contribution in [-0.2, 0) is 12.8 Å². The molecule has 0 radical (unpaired) electrons. The first-order valence-electron chi connectivity index (χ1n) is 10.6. The molecule has 0 aromatic heterocycles. The van der Waals surface area contributed by atoms with E-state index in [1.54, 1.807) is 18.1 Å². The van der Waals surface area contributed by atoms with Gasteiger partial charge in [-0.15, -0.1) is 0 Å². The van der Waals surface area contributed by atoms with Gasteiger partial charge in [0.1, 0.15) is 11.6 Å². The maximum absolute atomic E-state index is 14.6. The largest absolute Gasteiger partial charge is 0.496 e. The molecule has 9 heteroatoms. The summed E-state index contributed by atoms with van der Waals surface area (Å²) in [5, 5.41) is 2.98. The molecule has 1 unspecified atom stereocenters. The van der Waals surface area contributed by atoms with Crippen molar-refractivity contribution < 1.29 is 18.7 Å². The molecular formula is C23H30FN5O3. The summed E-state index contributed by atoms with van der Waals surface area (Å²) in [5.74, 6) is 4.87. The zero-order valence-electron chi connectivity index (χ0n) is 18.4. The van der Waals surface area contributed by atoms with E-state index in [1.807, 2.05) is 36.7 Å². The van der Waals surface area contributed by atoms with Gasteiger partial charge in [-0.1, -0.05) is 24.3 Å². The van der Waals surface area contributed by atoms with Gasteiger partial charge < -0.3 is 19.9 Å². The highest BCUT2D eigenvalue weighted by molar-refractivity contribution is 5.93. The van der Waals surface area contributed by atoms with Gasteiger partial charge in [-0.2, -0.15) is 0 Å². The van der Waals surface area contributed by atoms with Crippen LogP contribution >= 0.6 is 0 Å². The number of rotatable bonds is 7. The molecule has 0 aliphatic carbocycles. The van der Waals surface area contributed by atoms with Crippen LogP contribution in [0.3, 0.4) is 0 Å². The molecular weight excluding hydrogens is 413 g/mol. The van der Waals surface area contributed by atoms with Crippen LogP contribution in [-0.4, -0.2) is 68.1 Å². The number of piperazine rings is 1. The van der Waals surface area contributed by atoms with Gasteiger partial charge in [-0.25, -0.2) is 15.0 Å².